The third-order valence-corrected chi connectivity index (χ3v) is 6.08. The lowest BCUT2D eigenvalue weighted by Gasteiger charge is -2.05. The standard InChI is InChI=1S/C25H41NO2/c1-2-3-4-10-15-23-19-24(23)16-11-8-6-5-7-9-12-17-25(27)28-21-22-14-13-18-26-20-22/h13-14,18,20,23-24H,2-12,15-17,19,21H2,1H3. The molecule has 0 N–H and O–H groups in total. The zero-order valence-electron chi connectivity index (χ0n) is 18.0. The number of aromatic nitrogens is 1. The third kappa shape index (κ3) is 10.8. The SMILES string of the molecule is CCCCCCC1CC1CCCCCCCCCC(=O)OCc1cccnc1. The highest BCUT2D eigenvalue weighted by Gasteiger charge is 2.34. The van der Waals surface area contributed by atoms with Crippen LogP contribution in [0.1, 0.15) is 109 Å². The molecule has 0 amide bonds. The fourth-order valence-corrected chi connectivity index (χ4v) is 4.13. The van der Waals surface area contributed by atoms with Gasteiger partial charge in [-0.15, -0.1) is 0 Å². The maximum absolute atomic E-state index is 11.7. The van der Waals surface area contributed by atoms with Crippen molar-refractivity contribution >= 4 is 5.97 Å². The van der Waals surface area contributed by atoms with Crippen molar-refractivity contribution < 1.29 is 9.53 Å². The molecule has 0 bridgehead atoms. The van der Waals surface area contributed by atoms with Gasteiger partial charge in [0.25, 0.3) is 0 Å². The Morgan fingerprint density at radius 3 is 2.25 bits per heavy atom. The summed E-state index contributed by atoms with van der Waals surface area (Å²) in [5, 5.41) is 0. The van der Waals surface area contributed by atoms with Gasteiger partial charge in [0.15, 0.2) is 0 Å². The first-order valence-electron chi connectivity index (χ1n) is 11.8. The van der Waals surface area contributed by atoms with Gasteiger partial charge in [0, 0.05) is 24.4 Å². The van der Waals surface area contributed by atoms with Crippen LogP contribution < -0.4 is 0 Å². The van der Waals surface area contributed by atoms with Crippen molar-refractivity contribution in [3.63, 3.8) is 0 Å². The summed E-state index contributed by atoms with van der Waals surface area (Å²) in [4.78, 5) is 15.8. The highest BCUT2D eigenvalue weighted by Crippen LogP contribution is 2.45. The highest BCUT2D eigenvalue weighted by molar-refractivity contribution is 5.69. The number of carbonyl (C=O) groups is 1. The number of hydrogen-bond acceptors (Lipinski definition) is 3. The van der Waals surface area contributed by atoms with Crippen LogP contribution >= 0.6 is 0 Å². The molecule has 0 saturated heterocycles. The topological polar surface area (TPSA) is 39.2 Å². The smallest absolute Gasteiger partial charge is 0.306 e. The number of nitrogens with zero attached hydrogens (tertiary/aromatic N) is 1. The monoisotopic (exact) mass is 387 g/mol. The Morgan fingerprint density at radius 1 is 0.964 bits per heavy atom. The van der Waals surface area contributed by atoms with Crippen LogP contribution in [0.2, 0.25) is 0 Å². The van der Waals surface area contributed by atoms with Gasteiger partial charge in [-0.3, -0.25) is 9.78 Å². The van der Waals surface area contributed by atoms with E-state index in [1.165, 1.54) is 77.0 Å². The van der Waals surface area contributed by atoms with Gasteiger partial charge in [-0.05, 0) is 30.7 Å². The lowest BCUT2D eigenvalue weighted by molar-refractivity contribution is -0.145. The lowest BCUT2D eigenvalue weighted by Crippen LogP contribution is -2.04. The van der Waals surface area contributed by atoms with E-state index in [0.29, 0.717) is 13.0 Å². The molecule has 1 aliphatic rings. The summed E-state index contributed by atoms with van der Waals surface area (Å²) in [5.41, 5.74) is 0.949. The molecule has 2 rings (SSSR count). The second-order valence-corrected chi connectivity index (χ2v) is 8.64. The van der Waals surface area contributed by atoms with Crippen LogP contribution in [-0.2, 0) is 16.1 Å². The molecule has 0 aliphatic heterocycles. The van der Waals surface area contributed by atoms with Crippen LogP contribution in [0, 0.1) is 11.8 Å². The van der Waals surface area contributed by atoms with Gasteiger partial charge in [-0.2, -0.15) is 0 Å². The van der Waals surface area contributed by atoms with E-state index in [0.717, 1.165) is 30.2 Å². The van der Waals surface area contributed by atoms with Gasteiger partial charge in [-0.25, -0.2) is 0 Å². The number of rotatable bonds is 17. The maximum atomic E-state index is 11.7. The van der Waals surface area contributed by atoms with Gasteiger partial charge < -0.3 is 4.74 Å². The second kappa shape index (κ2) is 14.6. The minimum atomic E-state index is -0.0856. The van der Waals surface area contributed by atoms with Gasteiger partial charge >= 0.3 is 5.97 Å². The Bertz CT molecular complexity index is 517. The first-order chi connectivity index (χ1) is 13.8. The molecule has 0 spiro atoms. The van der Waals surface area contributed by atoms with E-state index in [9.17, 15) is 4.79 Å². The summed E-state index contributed by atoms with van der Waals surface area (Å²) >= 11 is 0. The van der Waals surface area contributed by atoms with Crippen LogP contribution in [0.25, 0.3) is 0 Å². The average molecular weight is 388 g/mol. The van der Waals surface area contributed by atoms with Crippen LogP contribution in [0.4, 0.5) is 0 Å². The first kappa shape index (κ1) is 22.9. The minimum absolute atomic E-state index is 0.0856. The van der Waals surface area contributed by atoms with Gasteiger partial charge in [0.1, 0.15) is 6.61 Å². The number of carbonyl (C=O) groups excluding carboxylic acids is 1. The molecule has 158 valence electrons. The predicted octanol–water partition coefficient (Wildman–Crippen LogP) is 7.24. The van der Waals surface area contributed by atoms with E-state index in [-0.39, 0.29) is 5.97 Å². The van der Waals surface area contributed by atoms with E-state index in [2.05, 4.69) is 11.9 Å². The average Bonchev–Trinajstić information content (AvgIpc) is 3.47. The van der Waals surface area contributed by atoms with Crippen LogP contribution in [0.5, 0.6) is 0 Å². The molecule has 1 fully saturated rings. The molecule has 0 aromatic carbocycles. The largest absolute Gasteiger partial charge is 0.461 e. The Kier molecular flexibility index (Phi) is 11.9. The summed E-state index contributed by atoms with van der Waals surface area (Å²) in [5.74, 6) is 2.06. The summed E-state index contributed by atoms with van der Waals surface area (Å²) in [6, 6.07) is 3.79. The predicted molar refractivity (Wildman–Crippen MR) is 116 cm³/mol. The van der Waals surface area contributed by atoms with Crippen LogP contribution in [0.3, 0.4) is 0 Å². The lowest BCUT2D eigenvalue weighted by atomic mass is 10.0. The van der Waals surface area contributed by atoms with Crippen molar-refractivity contribution in [2.75, 3.05) is 0 Å². The zero-order chi connectivity index (χ0) is 19.9. The van der Waals surface area contributed by atoms with Crippen molar-refractivity contribution in [1.29, 1.82) is 0 Å². The first-order valence-corrected chi connectivity index (χ1v) is 11.8. The Morgan fingerprint density at radius 2 is 1.61 bits per heavy atom. The van der Waals surface area contributed by atoms with E-state index >= 15 is 0 Å². The fraction of sp³-hybridized carbons (Fsp3) is 0.760. The maximum Gasteiger partial charge on any atom is 0.306 e. The van der Waals surface area contributed by atoms with Gasteiger partial charge in [0.05, 0.1) is 0 Å². The quantitative estimate of drug-likeness (QED) is 0.209. The number of ether oxygens (including phenoxy) is 1. The Hall–Kier alpha value is -1.38. The molecule has 0 radical (unpaired) electrons. The van der Waals surface area contributed by atoms with Crippen molar-refractivity contribution in [2.24, 2.45) is 11.8 Å². The second-order valence-electron chi connectivity index (χ2n) is 8.64. The molecule has 1 saturated carbocycles. The normalized spacial score (nSPS) is 18.2. The van der Waals surface area contributed by atoms with Crippen LogP contribution in [-0.4, -0.2) is 11.0 Å². The molecular formula is C25H41NO2. The molecule has 3 heteroatoms. The molecule has 2 unspecified atom stereocenters. The summed E-state index contributed by atoms with van der Waals surface area (Å²) in [6.07, 6.45) is 23.0. The van der Waals surface area contributed by atoms with Crippen molar-refractivity contribution in [1.82, 2.24) is 4.98 Å². The molecule has 1 aromatic rings. The van der Waals surface area contributed by atoms with Gasteiger partial charge in [0.2, 0.25) is 0 Å². The third-order valence-electron chi connectivity index (χ3n) is 6.08. The van der Waals surface area contributed by atoms with E-state index in [1.54, 1.807) is 12.4 Å². The Balaban J connectivity index is 1.31. The summed E-state index contributed by atoms with van der Waals surface area (Å²) < 4.78 is 5.28. The van der Waals surface area contributed by atoms with E-state index < -0.39 is 0 Å². The van der Waals surface area contributed by atoms with E-state index in [4.69, 9.17) is 4.74 Å². The summed E-state index contributed by atoms with van der Waals surface area (Å²) in [7, 11) is 0. The van der Waals surface area contributed by atoms with Crippen LogP contribution in [0.15, 0.2) is 24.5 Å². The molecular weight excluding hydrogens is 346 g/mol. The van der Waals surface area contributed by atoms with Crippen molar-refractivity contribution in [2.45, 2.75) is 110 Å². The molecule has 1 aromatic heterocycles. The zero-order valence-corrected chi connectivity index (χ0v) is 18.0. The Labute approximate surface area is 172 Å². The molecule has 1 aliphatic carbocycles. The molecule has 2 atom stereocenters. The number of unbranched alkanes of at least 4 members (excludes halogenated alkanes) is 9. The molecule has 3 nitrogen and oxygen atoms in total. The van der Waals surface area contributed by atoms with Crippen molar-refractivity contribution in [3.05, 3.63) is 30.1 Å². The minimum Gasteiger partial charge on any atom is -0.461 e. The molecule has 1 heterocycles. The number of hydrogen-bond donors (Lipinski definition) is 0. The van der Waals surface area contributed by atoms with E-state index in [1.807, 2.05) is 12.1 Å². The number of esters is 1. The van der Waals surface area contributed by atoms with Crippen molar-refractivity contribution in [3.8, 4) is 0 Å². The molecule has 28 heavy (non-hydrogen) atoms. The summed E-state index contributed by atoms with van der Waals surface area (Å²) in [6.45, 7) is 2.63. The highest BCUT2D eigenvalue weighted by atomic mass is 16.5. The fourth-order valence-electron chi connectivity index (χ4n) is 4.13. The number of pyridine rings is 1. The van der Waals surface area contributed by atoms with Gasteiger partial charge in [-0.1, -0.05) is 90.0 Å².